The summed E-state index contributed by atoms with van der Waals surface area (Å²) < 4.78 is 19.2. The molecule has 0 bridgehead atoms. The Hall–Kier alpha value is -0.0100. The molecule has 0 aromatic carbocycles. The number of ether oxygens (including phenoxy) is 1. The number of phosphoric ester groups is 1. The highest BCUT2D eigenvalue weighted by atomic mass is 31.2. The largest absolute Gasteiger partial charge is 0.469 e. The molecule has 1 saturated heterocycles. The Balaban J connectivity index is 2.35. The topological polar surface area (TPSA) is 116 Å². The van der Waals surface area contributed by atoms with Crippen molar-refractivity contribution in [1.82, 2.24) is 0 Å². The van der Waals surface area contributed by atoms with E-state index in [2.05, 4.69) is 4.52 Å². The lowest BCUT2D eigenvalue weighted by Gasteiger charge is -2.14. The van der Waals surface area contributed by atoms with Gasteiger partial charge in [-0.25, -0.2) is 4.57 Å². The molecule has 78 valence electrons. The first-order chi connectivity index (χ1) is 5.90. The first-order valence-corrected chi connectivity index (χ1v) is 5.11. The van der Waals surface area contributed by atoms with E-state index in [0.29, 0.717) is 0 Å². The van der Waals surface area contributed by atoms with Gasteiger partial charge in [0.2, 0.25) is 0 Å². The standard InChI is InChI=1S/C5H11O7P/c6-3-1-11-4(5(3)7)2-12-13(8,9)10/h3-7H,1-2H2,(H2,8,9,10)/t3-,4-,5-/m0/s1. The Kier molecular flexibility index (Phi) is 3.42. The molecule has 1 heterocycles. The zero-order chi connectivity index (χ0) is 10.1. The van der Waals surface area contributed by atoms with Gasteiger partial charge in [-0.05, 0) is 0 Å². The highest BCUT2D eigenvalue weighted by Gasteiger charge is 2.35. The minimum absolute atomic E-state index is 0.0592. The Morgan fingerprint density at radius 3 is 2.46 bits per heavy atom. The van der Waals surface area contributed by atoms with Gasteiger partial charge in [-0.3, -0.25) is 4.52 Å². The van der Waals surface area contributed by atoms with Crippen LogP contribution in [0.15, 0.2) is 0 Å². The maximum absolute atomic E-state index is 10.2. The van der Waals surface area contributed by atoms with E-state index in [1.165, 1.54) is 0 Å². The molecule has 7 nitrogen and oxygen atoms in total. The average Bonchev–Trinajstić information content (AvgIpc) is 2.29. The summed E-state index contributed by atoms with van der Waals surface area (Å²) in [7, 11) is -4.54. The molecule has 4 N–H and O–H groups in total. The second-order valence-electron chi connectivity index (χ2n) is 2.72. The van der Waals surface area contributed by atoms with Crippen LogP contribution in [0.2, 0.25) is 0 Å². The number of hydrogen-bond acceptors (Lipinski definition) is 5. The normalized spacial score (nSPS) is 35.2. The Labute approximate surface area is 74.1 Å². The average molecular weight is 214 g/mol. The van der Waals surface area contributed by atoms with Crippen molar-refractivity contribution in [3.8, 4) is 0 Å². The van der Waals surface area contributed by atoms with Crippen molar-refractivity contribution < 1.29 is 33.8 Å². The number of rotatable bonds is 3. The fraction of sp³-hybridized carbons (Fsp3) is 1.00. The van der Waals surface area contributed by atoms with E-state index in [1.807, 2.05) is 0 Å². The summed E-state index contributed by atoms with van der Waals surface area (Å²) >= 11 is 0. The molecule has 0 aromatic heterocycles. The Bertz CT molecular complexity index is 213. The van der Waals surface area contributed by atoms with Crippen LogP contribution >= 0.6 is 7.82 Å². The molecule has 8 heteroatoms. The lowest BCUT2D eigenvalue weighted by Crippen LogP contribution is -2.32. The quantitative estimate of drug-likeness (QED) is 0.410. The fourth-order valence-electron chi connectivity index (χ4n) is 0.984. The molecule has 0 aromatic rings. The molecule has 0 aliphatic carbocycles. The predicted molar refractivity (Wildman–Crippen MR) is 39.7 cm³/mol. The minimum atomic E-state index is -4.54. The molecule has 1 rings (SSSR count). The van der Waals surface area contributed by atoms with Gasteiger partial charge in [-0.2, -0.15) is 0 Å². The second-order valence-corrected chi connectivity index (χ2v) is 3.96. The first-order valence-electron chi connectivity index (χ1n) is 3.58. The highest BCUT2D eigenvalue weighted by molar-refractivity contribution is 7.46. The molecular weight excluding hydrogens is 203 g/mol. The SMILES string of the molecule is O=P(O)(O)OC[C@@H]1OC[C@H](O)[C@@H]1O. The van der Waals surface area contributed by atoms with Gasteiger partial charge in [0.25, 0.3) is 0 Å². The van der Waals surface area contributed by atoms with Crippen molar-refractivity contribution in [2.24, 2.45) is 0 Å². The van der Waals surface area contributed by atoms with Gasteiger partial charge in [-0.15, -0.1) is 0 Å². The van der Waals surface area contributed by atoms with E-state index in [1.54, 1.807) is 0 Å². The van der Waals surface area contributed by atoms with Crippen LogP contribution in [0.5, 0.6) is 0 Å². The third kappa shape index (κ3) is 3.32. The van der Waals surface area contributed by atoms with E-state index in [0.717, 1.165) is 0 Å². The molecule has 0 unspecified atom stereocenters. The van der Waals surface area contributed by atoms with E-state index >= 15 is 0 Å². The van der Waals surface area contributed by atoms with Crippen LogP contribution in [-0.2, 0) is 13.8 Å². The van der Waals surface area contributed by atoms with Crippen LogP contribution in [0.1, 0.15) is 0 Å². The maximum Gasteiger partial charge on any atom is 0.469 e. The summed E-state index contributed by atoms with van der Waals surface area (Å²) in [5, 5.41) is 18.1. The van der Waals surface area contributed by atoms with E-state index in [4.69, 9.17) is 24.7 Å². The molecule has 1 aliphatic rings. The van der Waals surface area contributed by atoms with Gasteiger partial charge in [0.1, 0.15) is 18.3 Å². The van der Waals surface area contributed by atoms with Crippen molar-refractivity contribution in [3.05, 3.63) is 0 Å². The molecule has 0 radical (unpaired) electrons. The predicted octanol–water partition coefficient (Wildman–Crippen LogP) is -1.78. The molecular formula is C5H11O7P. The second kappa shape index (κ2) is 4.02. The minimum Gasteiger partial charge on any atom is -0.388 e. The third-order valence-corrected chi connectivity index (χ3v) is 2.15. The molecule has 3 atom stereocenters. The Morgan fingerprint density at radius 2 is 2.08 bits per heavy atom. The third-order valence-electron chi connectivity index (χ3n) is 1.66. The molecule has 0 spiro atoms. The van der Waals surface area contributed by atoms with Crippen molar-refractivity contribution in [2.45, 2.75) is 18.3 Å². The zero-order valence-electron chi connectivity index (χ0n) is 6.61. The number of aliphatic hydroxyl groups excluding tert-OH is 2. The van der Waals surface area contributed by atoms with Crippen LogP contribution in [0, 0.1) is 0 Å². The first kappa shape index (κ1) is 11.1. The monoisotopic (exact) mass is 214 g/mol. The van der Waals surface area contributed by atoms with Crippen molar-refractivity contribution in [1.29, 1.82) is 0 Å². The zero-order valence-corrected chi connectivity index (χ0v) is 7.50. The summed E-state index contributed by atoms with van der Waals surface area (Å²) in [5.74, 6) is 0. The van der Waals surface area contributed by atoms with Gasteiger partial charge in [0.15, 0.2) is 0 Å². The van der Waals surface area contributed by atoms with Crippen molar-refractivity contribution in [3.63, 3.8) is 0 Å². The summed E-state index contributed by atoms with van der Waals surface area (Å²) in [6.45, 7) is -0.501. The Morgan fingerprint density at radius 1 is 1.46 bits per heavy atom. The highest BCUT2D eigenvalue weighted by Crippen LogP contribution is 2.36. The van der Waals surface area contributed by atoms with E-state index in [9.17, 15) is 4.57 Å². The van der Waals surface area contributed by atoms with Gasteiger partial charge in [-0.1, -0.05) is 0 Å². The lowest BCUT2D eigenvalue weighted by molar-refractivity contribution is -0.00596. The summed E-state index contributed by atoms with van der Waals surface area (Å²) in [6.07, 6.45) is -3.07. The van der Waals surface area contributed by atoms with Crippen LogP contribution in [0.4, 0.5) is 0 Å². The van der Waals surface area contributed by atoms with Crippen molar-refractivity contribution in [2.75, 3.05) is 13.2 Å². The van der Waals surface area contributed by atoms with E-state index < -0.39 is 32.7 Å². The number of hydrogen-bond donors (Lipinski definition) is 4. The van der Waals surface area contributed by atoms with Crippen molar-refractivity contribution >= 4 is 7.82 Å². The van der Waals surface area contributed by atoms with Gasteiger partial charge < -0.3 is 24.7 Å². The molecule has 1 fully saturated rings. The molecule has 13 heavy (non-hydrogen) atoms. The van der Waals surface area contributed by atoms with E-state index in [-0.39, 0.29) is 6.61 Å². The van der Waals surface area contributed by atoms with Crippen LogP contribution in [-0.4, -0.2) is 51.5 Å². The number of aliphatic hydroxyl groups is 2. The smallest absolute Gasteiger partial charge is 0.388 e. The molecule has 1 aliphatic heterocycles. The van der Waals surface area contributed by atoms with Gasteiger partial charge in [0, 0.05) is 0 Å². The van der Waals surface area contributed by atoms with Crippen LogP contribution in [0.25, 0.3) is 0 Å². The van der Waals surface area contributed by atoms with Gasteiger partial charge in [0.05, 0.1) is 13.2 Å². The number of phosphoric acid groups is 1. The van der Waals surface area contributed by atoms with Gasteiger partial charge >= 0.3 is 7.82 Å². The summed E-state index contributed by atoms with van der Waals surface area (Å²) in [5.41, 5.74) is 0. The summed E-state index contributed by atoms with van der Waals surface area (Å²) in [6, 6.07) is 0. The fourth-order valence-corrected chi connectivity index (χ4v) is 1.33. The van der Waals surface area contributed by atoms with Crippen LogP contribution < -0.4 is 0 Å². The summed E-state index contributed by atoms with van der Waals surface area (Å²) in [4.78, 5) is 16.6. The molecule has 0 amide bonds. The van der Waals surface area contributed by atoms with Crippen LogP contribution in [0.3, 0.4) is 0 Å². The molecule has 0 saturated carbocycles. The lowest BCUT2D eigenvalue weighted by atomic mass is 10.2. The maximum atomic E-state index is 10.2.